The van der Waals surface area contributed by atoms with Crippen LogP contribution >= 0.6 is 11.3 Å². The first-order valence-corrected chi connectivity index (χ1v) is 8.47. The third-order valence-electron chi connectivity index (χ3n) is 3.96. The van der Waals surface area contributed by atoms with E-state index in [2.05, 4.69) is 5.16 Å². The Morgan fingerprint density at radius 3 is 2.46 bits per heavy atom. The van der Waals surface area contributed by atoms with Crippen molar-refractivity contribution in [3.63, 3.8) is 0 Å². The lowest BCUT2D eigenvalue weighted by Crippen LogP contribution is -2.04. The first-order valence-electron chi connectivity index (χ1n) is 7.59. The van der Waals surface area contributed by atoms with Crippen molar-refractivity contribution in [2.24, 2.45) is 0 Å². The molecule has 0 aliphatic rings. The maximum Gasteiger partial charge on any atom is 0.416 e. The molecule has 7 heteroatoms. The van der Waals surface area contributed by atoms with Crippen molar-refractivity contribution in [3.8, 4) is 22.6 Å². The summed E-state index contributed by atoms with van der Waals surface area (Å²) in [5.74, 6) is 0.284. The molecular formula is C19H10F3NO2S. The summed E-state index contributed by atoms with van der Waals surface area (Å²) in [6, 6.07) is 13.4. The molecule has 2 heterocycles. The van der Waals surface area contributed by atoms with Gasteiger partial charge in [-0.3, -0.25) is 4.79 Å². The summed E-state index contributed by atoms with van der Waals surface area (Å²) in [5, 5.41) is 6.17. The Kier molecular flexibility index (Phi) is 3.88. The van der Waals surface area contributed by atoms with Crippen LogP contribution in [0, 0.1) is 0 Å². The molecule has 0 aliphatic carbocycles. The van der Waals surface area contributed by atoms with Crippen LogP contribution in [0.25, 0.3) is 32.7 Å². The highest BCUT2D eigenvalue weighted by atomic mass is 32.1. The van der Waals surface area contributed by atoms with Gasteiger partial charge in [-0.15, -0.1) is 11.3 Å². The van der Waals surface area contributed by atoms with Gasteiger partial charge in [0.2, 0.25) is 0 Å². The van der Waals surface area contributed by atoms with Crippen molar-refractivity contribution in [2.45, 2.75) is 6.18 Å². The number of hydrogen-bond acceptors (Lipinski definition) is 4. The molecule has 0 saturated carbocycles. The molecule has 0 aliphatic heterocycles. The molecule has 0 N–H and O–H groups in total. The molecule has 0 radical (unpaired) electrons. The number of nitrogens with zero attached hydrogens (tertiary/aromatic N) is 1. The molecule has 0 bridgehead atoms. The molecule has 26 heavy (non-hydrogen) atoms. The molecule has 0 amide bonds. The van der Waals surface area contributed by atoms with Gasteiger partial charge in [0.1, 0.15) is 5.69 Å². The van der Waals surface area contributed by atoms with Crippen LogP contribution in [-0.2, 0) is 6.18 Å². The lowest BCUT2D eigenvalue weighted by Gasteiger charge is -2.06. The van der Waals surface area contributed by atoms with Gasteiger partial charge in [0.25, 0.3) is 0 Å². The van der Waals surface area contributed by atoms with Crippen molar-refractivity contribution >= 4 is 21.4 Å². The van der Waals surface area contributed by atoms with Gasteiger partial charge in [-0.2, -0.15) is 13.2 Å². The molecule has 4 rings (SSSR count). The number of rotatable bonds is 2. The van der Waals surface area contributed by atoms with Crippen LogP contribution in [0.5, 0.6) is 0 Å². The SMILES string of the molecule is O=c1c(-c2cc(-c3ccc(C(F)(F)F)cc3)no2)csc2ccccc12. The molecule has 0 saturated heterocycles. The third kappa shape index (κ3) is 2.90. The van der Waals surface area contributed by atoms with E-state index in [1.807, 2.05) is 12.1 Å². The molecule has 130 valence electrons. The summed E-state index contributed by atoms with van der Waals surface area (Å²) in [5.41, 5.74) is 0.313. The Hall–Kier alpha value is -2.93. The number of halogens is 3. The fourth-order valence-electron chi connectivity index (χ4n) is 2.62. The maximum atomic E-state index is 12.7. The zero-order valence-corrected chi connectivity index (χ0v) is 13.9. The van der Waals surface area contributed by atoms with Crippen LogP contribution < -0.4 is 5.43 Å². The predicted octanol–water partition coefficient (Wildman–Crippen LogP) is 5.60. The van der Waals surface area contributed by atoms with Crippen molar-refractivity contribution in [1.82, 2.24) is 5.16 Å². The molecule has 2 aromatic heterocycles. The Morgan fingerprint density at radius 2 is 1.73 bits per heavy atom. The van der Waals surface area contributed by atoms with Crippen molar-refractivity contribution in [1.29, 1.82) is 0 Å². The summed E-state index contributed by atoms with van der Waals surface area (Å²) >= 11 is 1.41. The van der Waals surface area contributed by atoms with E-state index in [1.165, 1.54) is 23.5 Å². The number of fused-ring (bicyclic) bond motifs is 1. The van der Waals surface area contributed by atoms with Crippen LogP contribution in [-0.4, -0.2) is 5.16 Å². The summed E-state index contributed by atoms with van der Waals surface area (Å²) in [6.07, 6.45) is -4.39. The van der Waals surface area contributed by atoms with Gasteiger partial charge in [-0.1, -0.05) is 29.4 Å². The van der Waals surface area contributed by atoms with Crippen LogP contribution in [0.15, 0.2) is 69.3 Å². The van der Waals surface area contributed by atoms with Gasteiger partial charge in [0.05, 0.1) is 11.1 Å². The highest BCUT2D eigenvalue weighted by molar-refractivity contribution is 7.16. The lowest BCUT2D eigenvalue weighted by atomic mass is 10.1. The molecule has 0 fully saturated rings. The highest BCUT2D eigenvalue weighted by Crippen LogP contribution is 2.32. The first-order chi connectivity index (χ1) is 12.4. The summed E-state index contributed by atoms with van der Waals surface area (Å²) in [6.45, 7) is 0. The van der Waals surface area contributed by atoms with Crippen molar-refractivity contribution in [2.75, 3.05) is 0 Å². The minimum Gasteiger partial charge on any atom is -0.355 e. The Bertz CT molecular complexity index is 1140. The van der Waals surface area contributed by atoms with Gasteiger partial charge >= 0.3 is 6.18 Å². The summed E-state index contributed by atoms with van der Waals surface area (Å²) < 4.78 is 44.1. The number of hydrogen-bond donors (Lipinski definition) is 0. The van der Waals surface area contributed by atoms with E-state index in [-0.39, 0.29) is 11.2 Å². The monoisotopic (exact) mass is 373 g/mol. The van der Waals surface area contributed by atoms with Crippen LogP contribution in [0.3, 0.4) is 0 Å². The quantitative estimate of drug-likeness (QED) is 0.459. The van der Waals surface area contributed by atoms with E-state index in [1.54, 1.807) is 23.6 Å². The summed E-state index contributed by atoms with van der Waals surface area (Å²) in [4.78, 5) is 12.6. The topological polar surface area (TPSA) is 43.1 Å². The maximum absolute atomic E-state index is 12.7. The lowest BCUT2D eigenvalue weighted by molar-refractivity contribution is -0.137. The zero-order valence-electron chi connectivity index (χ0n) is 13.1. The van der Waals surface area contributed by atoms with E-state index in [4.69, 9.17) is 4.52 Å². The van der Waals surface area contributed by atoms with Gasteiger partial charge in [-0.05, 0) is 24.3 Å². The first kappa shape index (κ1) is 16.5. The van der Waals surface area contributed by atoms with Gasteiger partial charge in [-0.25, -0.2) is 0 Å². The Balaban J connectivity index is 1.73. The molecule has 2 aromatic carbocycles. The minimum absolute atomic E-state index is 0.172. The fourth-order valence-corrected chi connectivity index (χ4v) is 3.53. The van der Waals surface area contributed by atoms with E-state index in [0.717, 1.165) is 16.8 Å². The van der Waals surface area contributed by atoms with Gasteiger partial charge in [0, 0.05) is 27.1 Å². The van der Waals surface area contributed by atoms with Crippen LogP contribution in [0.1, 0.15) is 5.56 Å². The van der Waals surface area contributed by atoms with Gasteiger partial charge < -0.3 is 4.52 Å². The third-order valence-corrected chi connectivity index (χ3v) is 4.93. The van der Waals surface area contributed by atoms with Crippen LogP contribution in [0.4, 0.5) is 13.2 Å². The molecule has 0 atom stereocenters. The largest absolute Gasteiger partial charge is 0.416 e. The smallest absolute Gasteiger partial charge is 0.355 e. The second-order valence-corrected chi connectivity index (χ2v) is 6.54. The number of aromatic nitrogens is 1. The second kappa shape index (κ2) is 6.10. The molecule has 0 unspecified atom stereocenters. The van der Waals surface area contributed by atoms with E-state index < -0.39 is 11.7 Å². The second-order valence-electron chi connectivity index (χ2n) is 5.63. The normalized spacial score (nSPS) is 11.8. The van der Waals surface area contributed by atoms with Crippen molar-refractivity contribution in [3.05, 3.63) is 75.8 Å². The highest BCUT2D eigenvalue weighted by Gasteiger charge is 2.30. The molecular weight excluding hydrogens is 363 g/mol. The van der Waals surface area contributed by atoms with Crippen molar-refractivity contribution < 1.29 is 17.7 Å². The average Bonchev–Trinajstić information content (AvgIpc) is 3.11. The van der Waals surface area contributed by atoms with E-state index >= 15 is 0 Å². The standard InChI is InChI=1S/C19H10F3NO2S/c20-19(21,22)12-7-5-11(6-8-12)15-9-16(25-23-15)14-10-26-17-4-2-1-3-13(17)18(14)24/h1-10H. The number of alkyl halides is 3. The minimum atomic E-state index is -4.39. The Labute approximate surface area is 149 Å². The Morgan fingerprint density at radius 1 is 1.00 bits per heavy atom. The fraction of sp³-hybridized carbons (Fsp3) is 0.0526. The van der Waals surface area contributed by atoms with Crippen LogP contribution in [0.2, 0.25) is 0 Å². The predicted molar refractivity (Wildman–Crippen MR) is 94.0 cm³/mol. The number of benzene rings is 2. The summed E-state index contributed by atoms with van der Waals surface area (Å²) in [7, 11) is 0. The molecule has 4 aromatic rings. The van der Waals surface area contributed by atoms with E-state index in [0.29, 0.717) is 22.2 Å². The van der Waals surface area contributed by atoms with E-state index in [9.17, 15) is 18.0 Å². The average molecular weight is 373 g/mol. The molecule has 0 spiro atoms. The zero-order chi connectivity index (χ0) is 18.3. The molecule has 3 nitrogen and oxygen atoms in total. The van der Waals surface area contributed by atoms with Gasteiger partial charge in [0.15, 0.2) is 11.2 Å².